The number of nitrogens with zero attached hydrogens (tertiary/aromatic N) is 1. The van der Waals surface area contributed by atoms with Gasteiger partial charge in [0.25, 0.3) is 0 Å². The van der Waals surface area contributed by atoms with Crippen molar-refractivity contribution < 1.29 is 0 Å². The third kappa shape index (κ3) is 3.23. The van der Waals surface area contributed by atoms with E-state index in [0.717, 1.165) is 28.8 Å². The van der Waals surface area contributed by atoms with Crippen LogP contribution in [-0.4, -0.2) is 13.6 Å². The van der Waals surface area contributed by atoms with Crippen molar-refractivity contribution in [2.75, 3.05) is 24.2 Å². The van der Waals surface area contributed by atoms with Crippen LogP contribution in [-0.2, 0) is 6.42 Å². The summed E-state index contributed by atoms with van der Waals surface area (Å²) in [5, 5.41) is 2.11. The van der Waals surface area contributed by atoms with Gasteiger partial charge in [0, 0.05) is 22.9 Å². The first-order chi connectivity index (χ1) is 8.16. The third-order valence-electron chi connectivity index (χ3n) is 2.68. The Balaban J connectivity index is 2.04. The minimum atomic E-state index is 0.821. The first-order valence-corrected chi connectivity index (χ1v) is 7.12. The molecular weight excluding hydrogens is 296 g/mol. The van der Waals surface area contributed by atoms with E-state index < -0.39 is 0 Å². The van der Waals surface area contributed by atoms with Gasteiger partial charge in [-0.1, -0.05) is 22.0 Å². The first kappa shape index (κ1) is 12.5. The summed E-state index contributed by atoms with van der Waals surface area (Å²) in [5.74, 6) is 0. The van der Waals surface area contributed by atoms with Crippen molar-refractivity contribution in [3.8, 4) is 0 Å². The van der Waals surface area contributed by atoms with Crippen LogP contribution in [0, 0.1) is 0 Å². The summed E-state index contributed by atoms with van der Waals surface area (Å²) in [6.07, 6.45) is 1.06. The first-order valence-electron chi connectivity index (χ1n) is 5.45. The summed E-state index contributed by atoms with van der Waals surface area (Å²) in [4.78, 5) is 3.60. The minimum absolute atomic E-state index is 0.821. The summed E-state index contributed by atoms with van der Waals surface area (Å²) in [5.41, 5.74) is 7.88. The summed E-state index contributed by atoms with van der Waals surface area (Å²) >= 11 is 5.27. The molecule has 2 nitrogen and oxygen atoms in total. The lowest BCUT2D eigenvalue weighted by molar-refractivity contribution is 0.888. The zero-order valence-electron chi connectivity index (χ0n) is 9.69. The number of halogens is 1. The predicted molar refractivity (Wildman–Crippen MR) is 79.8 cm³/mol. The lowest BCUT2D eigenvalue weighted by atomic mass is 10.2. The van der Waals surface area contributed by atoms with Gasteiger partial charge < -0.3 is 10.6 Å². The van der Waals surface area contributed by atoms with Gasteiger partial charge in [0.15, 0.2) is 0 Å². The molecule has 0 bridgehead atoms. The van der Waals surface area contributed by atoms with Crippen LogP contribution < -0.4 is 10.6 Å². The SMILES string of the molecule is CN(CCc1cccs1)c1cc(Br)ccc1N. The van der Waals surface area contributed by atoms with E-state index in [1.165, 1.54) is 4.88 Å². The van der Waals surface area contributed by atoms with Crippen molar-refractivity contribution >= 4 is 38.6 Å². The van der Waals surface area contributed by atoms with Crippen LogP contribution in [0.1, 0.15) is 4.88 Å². The molecule has 0 unspecified atom stereocenters. The van der Waals surface area contributed by atoms with E-state index >= 15 is 0 Å². The normalized spacial score (nSPS) is 10.5. The molecule has 2 N–H and O–H groups in total. The third-order valence-corrected chi connectivity index (χ3v) is 4.11. The van der Waals surface area contributed by atoms with Crippen molar-refractivity contribution in [3.63, 3.8) is 0 Å². The number of anilines is 2. The van der Waals surface area contributed by atoms with Gasteiger partial charge in [0.2, 0.25) is 0 Å². The maximum absolute atomic E-state index is 5.98. The number of hydrogen-bond acceptors (Lipinski definition) is 3. The average molecular weight is 311 g/mol. The smallest absolute Gasteiger partial charge is 0.0608 e. The van der Waals surface area contributed by atoms with Gasteiger partial charge in [0.05, 0.1) is 11.4 Å². The van der Waals surface area contributed by atoms with Crippen molar-refractivity contribution in [2.24, 2.45) is 0 Å². The second-order valence-corrected chi connectivity index (χ2v) is 5.90. The molecule has 1 aromatic carbocycles. The monoisotopic (exact) mass is 310 g/mol. The van der Waals surface area contributed by atoms with Crippen LogP contribution in [0.15, 0.2) is 40.2 Å². The highest BCUT2D eigenvalue weighted by molar-refractivity contribution is 9.10. The van der Waals surface area contributed by atoms with Gasteiger partial charge in [0.1, 0.15) is 0 Å². The van der Waals surface area contributed by atoms with Crippen LogP contribution in [0.5, 0.6) is 0 Å². The molecule has 0 amide bonds. The van der Waals surface area contributed by atoms with E-state index in [1.54, 1.807) is 11.3 Å². The van der Waals surface area contributed by atoms with Gasteiger partial charge in [-0.3, -0.25) is 0 Å². The molecule has 2 rings (SSSR count). The summed E-state index contributed by atoms with van der Waals surface area (Å²) in [6, 6.07) is 10.2. The van der Waals surface area contributed by atoms with Crippen molar-refractivity contribution in [1.82, 2.24) is 0 Å². The largest absolute Gasteiger partial charge is 0.397 e. The number of nitrogen functional groups attached to an aromatic ring is 1. The summed E-state index contributed by atoms with van der Waals surface area (Å²) < 4.78 is 1.06. The molecule has 0 radical (unpaired) electrons. The minimum Gasteiger partial charge on any atom is -0.397 e. The molecule has 0 saturated heterocycles. The van der Waals surface area contributed by atoms with E-state index in [4.69, 9.17) is 5.73 Å². The maximum atomic E-state index is 5.98. The molecule has 1 aromatic heterocycles. The maximum Gasteiger partial charge on any atom is 0.0608 e. The topological polar surface area (TPSA) is 29.3 Å². The Morgan fingerprint density at radius 1 is 1.35 bits per heavy atom. The van der Waals surface area contributed by atoms with Crippen molar-refractivity contribution in [3.05, 3.63) is 45.1 Å². The number of benzene rings is 1. The second kappa shape index (κ2) is 5.56. The Morgan fingerprint density at radius 3 is 2.88 bits per heavy atom. The van der Waals surface area contributed by atoms with Crippen molar-refractivity contribution in [2.45, 2.75) is 6.42 Å². The zero-order valence-corrected chi connectivity index (χ0v) is 12.1. The predicted octanol–water partition coefficient (Wildman–Crippen LogP) is 3.77. The zero-order chi connectivity index (χ0) is 12.3. The highest BCUT2D eigenvalue weighted by Gasteiger charge is 2.06. The van der Waals surface area contributed by atoms with E-state index in [9.17, 15) is 0 Å². The lowest BCUT2D eigenvalue weighted by Gasteiger charge is -2.21. The fraction of sp³-hybridized carbons (Fsp3) is 0.231. The Hall–Kier alpha value is -1.00. The Labute approximate surface area is 114 Å². The summed E-state index contributed by atoms with van der Waals surface area (Å²) in [7, 11) is 2.08. The fourth-order valence-electron chi connectivity index (χ4n) is 1.70. The molecule has 17 heavy (non-hydrogen) atoms. The fourth-order valence-corrected chi connectivity index (χ4v) is 2.75. The van der Waals surface area contributed by atoms with Gasteiger partial charge in [-0.2, -0.15) is 0 Å². The second-order valence-electron chi connectivity index (χ2n) is 3.95. The van der Waals surface area contributed by atoms with Gasteiger partial charge in [-0.25, -0.2) is 0 Å². The van der Waals surface area contributed by atoms with Gasteiger partial charge >= 0.3 is 0 Å². The lowest BCUT2D eigenvalue weighted by Crippen LogP contribution is -2.21. The van der Waals surface area contributed by atoms with E-state index in [0.29, 0.717) is 0 Å². The summed E-state index contributed by atoms with van der Waals surface area (Å²) in [6.45, 7) is 0.973. The average Bonchev–Trinajstić information content (AvgIpc) is 2.82. The van der Waals surface area contributed by atoms with Crippen molar-refractivity contribution in [1.29, 1.82) is 0 Å². The van der Waals surface area contributed by atoms with Crippen LogP contribution in [0.2, 0.25) is 0 Å². The molecule has 0 saturated carbocycles. The van der Waals surface area contributed by atoms with E-state index in [-0.39, 0.29) is 0 Å². The number of thiophene rings is 1. The molecule has 0 aliphatic rings. The highest BCUT2D eigenvalue weighted by Crippen LogP contribution is 2.26. The number of likely N-dealkylation sites (N-methyl/N-ethyl adjacent to an activating group) is 1. The van der Waals surface area contributed by atoms with Crippen LogP contribution >= 0.6 is 27.3 Å². The molecular formula is C13H15BrN2S. The molecule has 0 atom stereocenters. The van der Waals surface area contributed by atoms with Crippen LogP contribution in [0.3, 0.4) is 0 Å². The Bertz CT molecular complexity index is 482. The molecule has 0 fully saturated rings. The molecule has 0 aliphatic carbocycles. The van der Waals surface area contributed by atoms with Crippen LogP contribution in [0.25, 0.3) is 0 Å². The van der Waals surface area contributed by atoms with Crippen LogP contribution in [0.4, 0.5) is 11.4 Å². The highest BCUT2D eigenvalue weighted by atomic mass is 79.9. The number of rotatable bonds is 4. The molecule has 0 spiro atoms. The number of nitrogens with two attached hydrogens (primary N) is 1. The van der Waals surface area contributed by atoms with Gasteiger partial charge in [-0.15, -0.1) is 11.3 Å². The molecule has 4 heteroatoms. The molecule has 90 valence electrons. The van der Waals surface area contributed by atoms with E-state index in [2.05, 4.69) is 51.5 Å². The quantitative estimate of drug-likeness (QED) is 0.871. The Morgan fingerprint density at radius 2 is 2.18 bits per heavy atom. The van der Waals surface area contributed by atoms with E-state index in [1.807, 2.05) is 12.1 Å². The standard InChI is InChI=1S/C13H15BrN2S/c1-16(7-6-11-3-2-8-17-11)13-9-10(14)4-5-12(13)15/h2-5,8-9H,6-7,15H2,1H3. The van der Waals surface area contributed by atoms with Gasteiger partial charge in [-0.05, 0) is 36.1 Å². The molecule has 0 aliphatic heterocycles. The molecule has 1 heterocycles. The number of hydrogen-bond donors (Lipinski definition) is 1. The Kier molecular flexibility index (Phi) is 4.07. The molecule has 2 aromatic rings.